The summed E-state index contributed by atoms with van der Waals surface area (Å²) in [6.45, 7) is 4.84. The van der Waals surface area contributed by atoms with Crippen LogP contribution >= 0.6 is 7.82 Å². The van der Waals surface area contributed by atoms with Gasteiger partial charge in [0, 0.05) is 6.42 Å². The Hall–Kier alpha value is -1.54. The molecule has 0 fully saturated rings. The fourth-order valence-electron chi connectivity index (χ4n) is 9.52. The fraction of sp³-hybridized carbons (Fsp3) is 0.862. The number of aliphatic hydroxyl groups excluding tert-OH is 1. The molecule has 0 aliphatic carbocycles. The van der Waals surface area contributed by atoms with Crippen LogP contribution in [-0.4, -0.2) is 73.4 Å². The molecule has 0 aliphatic rings. The van der Waals surface area contributed by atoms with Crippen LogP contribution in [0.15, 0.2) is 48.6 Å². The van der Waals surface area contributed by atoms with Gasteiger partial charge in [0.05, 0.1) is 39.9 Å². The zero-order valence-corrected chi connectivity index (χ0v) is 50.7. The van der Waals surface area contributed by atoms with Gasteiger partial charge in [-0.15, -0.1) is 0 Å². The van der Waals surface area contributed by atoms with Gasteiger partial charge in [-0.05, 0) is 57.8 Å². The first-order valence-electron chi connectivity index (χ1n) is 32.0. The van der Waals surface area contributed by atoms with Gasteiger partial charge in [0.1, 0.15) is 13.2 Å². The van der Waals surface area contributed by atoms with Crippen molar-refractivity contribution in [3.05, 3.63) is 48.6 Å². The minimum absolute atomic E-state index is 0.0627. The van der Waals surface area contributed by atoms with Gasteiger partial charge in [-0.1, -0.05) is 294 Å². The zero-order valence-electron chi connectivity index (χ0n) is 49.8. The van der Waals surface area contributed by atoms with E-state index >= 15 is 0 Å². The van der Waals surface area contributed by atoms with E-state index in [1.54, 1.807) is 6.08 Å². The number of nitrogens with one attached hydrogen (secondary N) is 1. The van der Waals surface area contributed by atoms with Crippen LogP contribution in [0.1, 0.15) is 309 Å². The molecule has 0 heterocycles. The highest BCUT2D eigenvalue weighted by Gasteiger charge is 2.28. The third-order valence-corrected chi connectivity index (χ3v) is 15.5. The number of nitrogens with zero attached hydrogens (tertiary/aromatic N) is 1. The van der Waals surface area contributed by atoms with Gasteiger partial charge in [-0.3, -0.25) is 13.8 Å². The lowest BCUT2D eigenvalue weighted by atomic mass is 10.0. The van der Waals surface area contributed by atoms with Crippen LogP contribution in [0.25, 0.3) is 0 Å². The summed E-state index contributed by atoms with van der Waals surface area (Å²) in [4.78, 5) is 23.3. The summed E-state index contributed by atoms with van der Waals surface area (Å²) in [6, 6.07) is -0.846. The number of quaternary nitrogens is 1. The van der Waals surface area contributed by atoms with Crippen molar-refractivity contribution in [2.24, 2.45) is 0 Å². The SMILES string of the molecule is CCCCCCC/C=C\C/C=C\C/C=C\CCCCCCCCCCCCCCCCCCCCCCC(=O)NC(COP(=O)(O)OCC[N+](C)(C)C)C(O)/C=C/CCCCCCCCCCCCCCCCC. The molecule has 8 nitrogen and oxygen atoms in total. The highest BCUT2D eigenvalue weighted by Crippen LogP contribution is 2.43. The Morgan fingerprint density at radius 3 is 1.12 bits per heavy atom. The summed E-state index contributed by atoms with van der Waals surface area (Å²) in [5.41, 5.74) is 0. The van der Waals surface area contributed by atoms with Gasteiger partial charge in [-0.25, -0.2) is 4.57 Å². The quantitative estimate of drug-likeness (QED) is 0.0243. The van der Waals surface area contributed by atoms with Crippen molar-refractivity contribution in [2.75, 3.05) is 40.9 Å². The highest BCUT2D eigenvalue weighted by atomic mass is 31.2. The van der Waals surface area contributed by atoms with E-state index in [0.29, 0.717) is 17.4 Å². The standard InChI is InChI=1S/C65H125N2O6P/c1-6-8-10-12-14-16-18-20-22-24-25-26-27-28-29-30-31-32-33-34-35-36-37-38-39-40-41-43-45-47-49-51-53-55-57-59-65(69)66-63(62-73-74(70,71)72-61-60-67(3,4)5)64(68)58-56-54-52-50-48-46-44-42-23-21-19-17-15-13-11-9-7-2/h18,20,24-25,27-28,56,58,63-64,68H,6-17,19,21-23,26,29-55,57,59-62H2,1-5H3,(H-,66,69,70,71)/p+1/b20-18-,25-24-,28-27-,58-56+. The Balaban J connectivity index is 4.01. The van der Waals surface area contributed by atoms with Crippen LogP contribution in [0.5, 0.6) is 0 Å². The molecule has 0 rings (SSSR count). The van der Waals surface area contributed by atoms with Crippen molar-refractivity contribution in [1.82, 2.24) is 5.32 Å². The smallest absolute Gasteiger partial charge is 0.387 e. The number of unbranched alkanes of at least 4 members (excludes halogenated alkanes) is 40. The number of rotatable bonds is 59. The lowest BCUT2D eigenvalue weighted by Gasteiger charge is -2.25. The molecule has 0 aromatic heterocycles. The number of phosphoric ester groups is 1. The van der Waals surface area contributed by atoms with Crippen molar-refractivity contribution < 1.29 is 32.9 Å². The molecule has 0 aromatic carbocycles. The Kier molecular flexibility index (Phi) is 55.0. The molecule has 3 unspecified atom stereocenters. The van der Waals surface area contributed by atoms with E-state index < -0.39 is 20.0 Å². The Morgan fingerprint density at radius 2 is 0.770 bits per heavy atom. The first-order valence-corrected chi connectivity index (χ1v) is 33.5. The average Bonchev–Trinajstić information content (AvgIpc) is 3.36. The molecule has 74 heavy (non-hydrogen) atoms. The second kappa shape index (κ2) is 56.2. The number of allylic oxidation sites excluding steroid dienone is 7. The van der Waals surface area contributed by atoms with E-state index in [0.717, 1.165) is 51.4 Å². The minimum atomic E-state index is -4.35. The first-order chi connectivity index (χ1) is 36.0. The molecule has 9 heteroatoms. The van der Waals surface area contributed by atoms with Crippen LogP contribution in [-0.2, 0) is 18.4 Å². The molecule has 3 atom stereocenters. The third-order valence-electron chi connectivity index (χ3n) is 14.5. The first kappa shape index (κ1) is 72.5. The van der Waals surface area contributed by atoms with Crippen LogP contribution < -0.4 is 5.32 Å². The number of amides is 1. The van der Waals surface area contributed by atoms with Crippen LogP contribution in [0.4, 0.5) is 0 Å². The van der Waals surface area contributed by atoms with Crippen molar-refractivity contribution >= 4 is 13.7 Å². The molecule has 436 valence electrons. The molecular formula is C65H126N2O6P+. The van der Waals surface area contributed by atoms with E-state index in [-0.39, 0.29) is 19.1 Å². The maximum atomic E-state index is 13.0. The third kappa shape index (κ3) is 58.1. The van der Waals surface area contributed by atoms with Crippen LogP contribution in [0.2, 0.25) is 0 Å². The number of carbonyl (C=O) groups excluding carboxylic acids is 1. The van der Waals surface area contributed by atoms with Gasteiger partial charge in [0.2, 0.25) is 5.91 Å². The number of phosphoric acid groups is 1. The van der Waals surface area contributed by atoms with Crippen LogP contribution in [0.3, 0.4) is 0 Å². The van der Waals surface area contributed by atoms with E-state index in [1.807, 2.05) is 27.2 Å². The second-order valence-electron chi connectivity index (χ2n) is 23.1. The molecular weight excluding hydrogens is 936 g/mol. The number of hydrogen-bond acceptors (Lipinski definition) is 5. The molecule has 1 amide bonds. The predicted octanol–water partition coefficient (Wildman–Crippen LogP) is 19.9. The summed E-state index contributed by atoms with van der Waals surface area (Å²) >= 11 is 0. The number of likely N-dealkylation sites (N-methyl/N-ethyl adjacent to an activating group) is 1. The van der Waals surface area contributed by atoms with Gasteiger partial charge in [0.25, 0.3) is 0 Å². The van der Waals surface area contributed by atoms with Crippen molar-refractivity contribution in [3.8, 4) is 0 Å². The van der Waals surface area contributed by atoms with Gasteiger partial charge in [0.15, 0.2) is 0 Å². The van der Waals surface area contributed by atoms with Crippen molar-refractivity contribution in [3.63, 3.8) is 0 Å². The van der Waals surface area contributed by atoms with E-state index in [1.165, 1.54) is 238 Å². The minimum Gasteiger partial charge on any atom is -0.387 e. The second-order valence-corrected chi connectivity index (χ2v) is 24.6. The monoisotopic (exact) mass is 1060 g/mol. The lowest BCUT2D eigenvalue weighted by molar-refractivity contribution is -0.870. The average molecular weight is 1060 g/mol. The molecule has 0 aliphatic heterocycles. The summed E-state index contributed by atoms with van der Waals surface area (Å²) in [7, 11) is 1.58. The summed E-state index contributed by atoms with van der Waals surface area (Å²) < 4.78 is 23.7. The van der Waals surface area contributed by atoms with Gasteiger partial charge < -0.3 is 19.8 Å². The normalized spacial score (nSPS) is 14.1. The van der Waals surface area contributed by atoms with Gasteiger partial charge >= 0.3 is 7.82 Å². The van der Waals surface area contributed by atoms with E-state index in [2.05, 4.69) is 55.6 Å². The van der Waals surface area contributed by atoms with E-state index in [4.69, 9.17) is 9.05 Å². The topological polar surface area (TPSA) is 105 Å². The predicted molar refractivity (Wildman–Crippen MR) is 323 cm³/mol. The highest BCUT2D eigenvalue weighted by molar-refractivity contribution is 7.47. The molecule has 0 spiro atoms. The Morgan fingerprint density at radius 1 is 0.459 bits per heavy atom. The summed E-state index contributed by atoms with van der Waals surface area (Å²) in [5, 5.41) is 14.0. The maximum Gasteiger partial charge on any atom is 0.472 e. The molecule has 3 N–H and O–H groups in total. The fourth-order valence-corrected chi connectivity index (χ4v) is 10.3. The molecule has 0 bridgehead atoms. The van der Waals surface area contributed by atoms with Crippen LogP contribution in [0, 0.1) is 0 Å². The Bertz CT molecular complexity index is 1340. The number of hydrogen-bond donors (Lipinski definition) is 3. The zero-order chi connectivity index (χ0) is 54.2. The maximum absolute atomic E-state index is 13.0. The molecule has 0 saturated heterocycles. The Labute approximate surface area is 460 Å². The van der Waals surface area contributed by atoms with Crippen molar-refractivity contribution in [2.45, 2.75) is 321 Å². The molecule has 0 saturated carbocycles. The molecule has 0 radical (unpaired) electrons. The molecule has 0 aromatic rings. The van der Waals surface area contributed by atoms with E-state index in [9.17, 15) is 19.4 Å². The number of aliphatic hydroxyl groups is 1. The summed E-state index contributed by atoms with van der Waals surface area (Å²) in [6.07, 6.45) is 75.2. The lowest BCUT2D eigenvalue weighted by Crippen LogP contribution is -2.45. The largest absolute Gasteiger partial charge is 0.472 e. The summed E-state index contributed by atoms with van der Waals surface area (Å²) in [5.74, 6) is -0.172. The number of carbonyl (C=O) groups is 1. The van der Waals surface area contributed by atoms with Gasteiger partial charge in [-0.2, -0.15) is 0 Å². The van der Waals surface area contributed by atoms with Crippen molar-refractivity contribution in [1.29, 1.82) is 0 Å².